The lowest BCUT2D eigenvalue weighted by molar-refractivity contribution is 0.381. The van der Waals surface area contributed by atoms with Crippen molar-refractivity contribution >= 4 is 22.6 Å². The van der Waals surface area contributed by atoms with Crippen LogP contribution in [0.3, 0.4) is 0 Å². The molecule has 0 amide bonds. The highest BCUT2D eigenvalue weighted by atomic mass is 35.5. The fourth-order valence-electron chi connectivity index (χ4n) is 0.994. The molecule has 0 radical (unpaired) electrons. The lowest BCUT2D eigenvalue weighted by atomic mass is 10.3. The van der Waals surface area contributed by atoms with Gasteiger partial charge in [-0.25, -0.2) is 0 Å². The van der Waals surface area contributed by atoms with Gasteiger partial charge in [-0.15, -0.1) is 0 Å². The maximum absolute atomic E-state index is 12.5. The van der Waals surface area contributed by atoms with Crippen LogP contribution in [0.2, 0.25) is 5.02 Å². The zero-order valence-electron chi connectivity index (χ0n) is 5.47. The van der Waals surface area contributed by atoms with Crippen LogP contribution in [0.25, 0.3) is 11.0 Å². The molecule has 0 N–H and O–H groups in total. The van der Waals surface area contributed by atoms with Crippen LogP contribution in [0.15, 0.2) is 28.7 Å². The summed E-state index contributed by atoms with van der Waals surface area (Å²) in [5.74, 6) is 0. The largest absolute Gasteiger partial charge is 0.431 e. The second kappa shape index (κ2) is 2.24. The Morgan fingerprint density at radius 1 is 1.36 bits per heavy atom. The van der Waals surface area contributed by atoms with Crippen LogP contribution >= 0.6 is 11.6 Å². The molecule has 1 aromatic carbocycles. The summed E-state index contributed by atoms with van der Waals surface area (Å²) < 4.78 is 17.2. The molecule has 3 heteroatoms. The van der Waals surface area contributed by atoms with Crippen molar-refractivity contribution in [1.29, 1.82) is 0 Å². The zero-order chi connectivity index (χ0) is 7.84. The highest BCUT2D eigenvalue weighted by Gasteiger charge is 2.04. The molecular weight excluding hydrogens is 167 g/mol. The number of hydrogen-bond acceptors (Lipinski definition) is 1. The normalized spacial score (nSPS) is 10.7. The standard InChI is InChI=1S/C8H4ClFO/c9-6-2-1-3-7-5(6)4-8(10)11-7/h1-4H. The first kappa shape index (κ1) is 6.68. The minimum absolute atomic E-state index is 0.481. The van der Waals surface area contributed by atoms with E-state index in [1.165, 1.54) is 6.07 Å². The fourth-order valence-corrected chi connectivity index (χ4v) is 1.21. The van der Waals surface area contributed by atoms with Crippen molar-refractivity contribution in [2.24, 2.45) is 0 Å². The number of rotatable bonds is 0. The molecule has 0 saturated heterocycles. The zero-order valence-corrected chi connectivity index (χ0v) is 6.23. The van der Waals surface area contributed by atoms with Crippen LogP contribution in [0.1, 0.15) is 0 Å². The Morgan fingerprint density at radius 2 is 2.18 bits per heavy atom. The second-order valence-electron chi connectivity index (χ2n) is 2.20. The van der Waals surface area contributed by atoms with E-state index in [4.69, 9.17) is 16.0 Å². The number of benzene rings is 1. The number of hydrogen-bond donors (Lipinski definition) is 0. The van der Waals surface area contributed by atoms with E-state index < -0.39 is 6.01 Å². The molecule has 1 heterocycles. The van der Waals surface area contributed by atoms with Gasteiger partial charge in [0.05, 0.1) is 5.02 Å². The van der Waals surface area contributed by atoms with Gasteiger partial charge in [-0.3, -0.25) is 0 Å². The van der Waals surface area contributed by atoms with Gasteiger partial charge in [0.2, 0.25) is 0 Å². The van der Waals surface area contributed by atoms with E-state index in [2.05, 4.69) is 0 Å². The highest BCUT2D eigenvalue weighted by Crippen LogP contribution is 2.25. The molecule has 0 bridgehead atoms. The van der Waals surface area contributed by atoms with E-state index in [0.717, 1.165) is 0 Å². The average Bonchev–Trinajstić information content (AvgIpc) is 2.31. The number of halogens is 2. The molecule has 2 rings (SSSR count). The van der Waals surface area contributed by atoms with Crippen molar-refractivity contribution in [3.63, 3.8) is 0 Å². The monoisotopic (exact) mass is 170 g/mol. The van der Waals surface area contributed by atoms with Crippen molar-refractivity contribution in [1.82, 2.24) is 0 Å². The molecule has 0 aliphatic carbocycles. The summed E-state index contributed by atoms with van der Waals surface area (Å²) in [6.07, 6.45) is 0. The van der Waals surface area contributed by atoms with Gasteiger partial charge >= 0.3 is 0 Å². The summed E-state index contributed by atoms with van der Waals surface area (Å²) in [4.78, 5) is 0. The third-order valence-electron chi connectivity index (χ3n) is 1.48. The SMILES string of the molecule is Fc1cc2c(Cl)cccc2o1. The van der Waals surface area contributed by atoms with E-state index in [1.807, 2.05) is 0 Å². The van der Waals surface area contributed by atoms with Gasteiger partial charge in [-0.2, -0.15) is 4.39 Å². The van der Waals surface area contributed by atoms with Gasteiger partial charge in [-0.05, 0) is 12.1 Å². The maximum Gasteiger partial charge on any atom is 0.278 e. The molecule has 1 aromatic heterocycles. The first-order valence-corrected chi connectivity index (χ1v) is 3.49. The lowest BCUT2D eigenvalue weighted by Gasteiger charge is -1.87. The summed E-state index contributed by atoms with van der Waals surface area (Å²) in [5.41, 5.74) is 0.481. The van der Waals surface area contributed by atoms with Crippen LogP contribution in [-0.2, 0) is 0 Å². The molecule has 1 nitrogen and oxygen atoms in total. The van der Waals surface area contributed by atoms with Crippen LogP contribution in [0.5, 0.6) is 0 Å². The Balaban J connectivity index is 2.90. The summed E-state index contributed by atoms with van der Waals surface area (Å²) >= 11 is 5.74. The molecule has 0 spiro atoms. The number of furan rings is 1. The van der Waals surface area contributed by atoms with Gasteiger partial charge in [-0.1, -0.05) is 17.7 Å². The van der Waals surface area contributed by atoms with Gasteiger partial charge in [0.1, 0.15) is 5.58 Å². The van der Waals surface area contributed by atoms with E-state index in [1.54, 1.807) is 18.2 Å². The molecule has 0 aliphatic heterocycles. The third-order valence-corrected chi connectivity index (χ3v) is 1.81. The Labute approximate surface area is 67.4 Å². The Kier molecular flexibility index (Phi) is 1.36. The average molecular weight is 171 g/mol. The molecule has 0 unspecified atom stereocenters. The smallest absolute Gasteiger partial charge is 0.278 e. The molecule has 56 valence electrons. The molecular formula is C8H4ClFO. The Bertz CT molecular complexity index is 394. The lowest BCUT2D eigenvalue weighted by Crippen LogP contribution is -1.63. The fraction of sp³-hybridized carbons (Fsp3) is 0. The third kappa shape index (κ3) is 0.994. The van der Waals surface area contributed by atoms with Crippen LogP contribution in [-0.4, -0.2) is 0 Å². The van der Waals surface area contributed by atoms with Crippen LogP contribution in [0, 0.1) is 6.01 Å². The van der Waals surface area contributed by atoms with Crippen molar-refractivity contribution in [2.75, 3.05) is 0 Å². The Morgan fingerprint density at radius 3 is 2.91 bits per heavy atom. The second-order valence-corrected chi connectivity index (χ2v) is 2.61. The first-order valence-electron chi connectivity index (χ1n) is 3.11. The summed E-state index contributed by atoms with van der Waals surface area (Å²) in [6, 6.07) is 5.75. The van der Waals surface area contributed by atoms with Crippen LogP contribution in [0.4, 0.5) is 4.39 Å². The minimum Gasteiger partial charge on any atom is -0.431 e. The predicted molar refractivity (Wildman–Crippen MR) is 41.2 cm³/mol. The summed E-state index contributed by atoms with van der Waals surface area (Å²) in [7, 11) is 0. The van der Waals surface area contributed by atoms with E-state index in [9.17, 15) is 4.39 Å². The topological polar surface area (TPSA) is 13.1 Å². The van der Waals surface area contributed by atoms with Crippen molar-refractivity contribution in [3.05, 3.63) is 35.3 Å². The maximum atomic E-state index is 12.5. The summed E-state index contributed by atoms with van der Waals surface area (Å²) in [5, 5.41) is 1.13. The van der Waals surface area contributed by atoms with Crippen molar-refractivity contribution < 1.29 is 8.81 Å². The first-order chi connectivity index (χ1) is 5.27. The van der Waals surface area contributed by atoms with Crippen molar-refractivity contribution in [3.8, 4) is 0 Å². The summed E-state index contributed by atoms with van der Waals surface area (Å²) in [6.45, 7) is 0. The van der Waals surface area contributed by atoms with Gasteiger partial charge in [0.25, 0.3) is 6.01 Å². The molecule has 0 atom stereocenters. The molecule has 11 heavy (non-hydrogen) atoms. The number of fused-ring (bicyclic) bond motifs is 1. The van der Waals surface area contributed by atoms with E-state index >= 15 is 0 Å². The van der Waals surface area contributed by atoms with Crippen molar-refractivity contribution in [2.45, 2.75) is 0 Å². The highest BCUT2D eigenvalue weighted by molar-refractivity contribution is 6.35. The predicted octanol–water partition coefficient (Wildman–Crippen LogP) is 3.23. The van der Waals surface area contributed by atoms with Gasteiger partial charge < -0.3 is 4.42 Å². The van der Waals surface area contributed by atoms with E-state index in [0.29, 0.717) is 16.0 Å². The Hall–Kier alpha value is -1.02. The minimum atomic E-state index is -0.604. The van der Waals surface area contributed by atoms with Gasteiger partial charge in [0.15, 0.2) is 0 Å². The van der Waals surface area contributed by atoms with Gasteiger partial charge in [0, 0.05) is 11.5 Å². The molecule has 0 aliphatic rings. The van der Waals surface area contributed by atoms with Crippen LogP contribution < -0.4 is 0 Å². The molecule has 0 fully saturated rings. The molecule has 2 aromatic rings. The van der Waals surface area contributed by atoms with E-state index in [-0.39, 0.29) is 0 Å². The molecule has 0 saturated carbocycles. The quantitative estimate of drug-likeness (QED) is 0.592.